The van der Waals surface area contributed by atoms with Gasteiger partial charge in [-0.15, -0.1) is 0 Å². The van der Waals surface area contributed by atoms with E-state index in [4.69, 9.17) is 0 Å². The van der Waals surface area contributed by atoms with Crippen LogP contribution in [0.2, 0.25) is 0 Å². The molecule has 3 rings (SSSR count). The topological polar surface area (TPSA) is 6.48 Å². The van der Waals surface area contributed by atoms with Gasteiger partial charge in [0.1, 0.15) is 0 Å². The van der Waals surface area contributed by atoms with Gasteiger partial charge in [0.2, 0.25) is 0 Å². The van der Waals surface area contributed by atoms with Gasteiger partial charge in [0, 0.05) is 24.7 Å². The molecule has 2 saturated heterocycles. The molecule has 1 aromatic carbocycles. The first kappa shape index (κ1) is 17.9. The zero-order valence-corrected chi connectivity index (χ0v) is 16.6. The summed E-state index contributed by atoms with van der Waals surface area (Å²) < 4.78 is 0. The first-order valence-corrected chi connectivity index (χ1v) is 9.74. The molecule has 0 unspecified atom stereocenters. The van der Waals surface area contributed by atoms with E-state index < -0.39 is 0 Å². The van der Waals surface area contributed by atoms with E-state index in [9.17, 15) is 0 Å². The average Bonchev–Trinajstić information content (AvgIpc) is 2.44. The molecule has 2 aliphatic heterocycles. The molecule has 134 valence electrons. The summed E-state index contributed by atoms with van der Waals surface area (Å²) in [6, 6.07) is 10.2. The zero-order chi connectivity index (χ0) is 17.5. The van der Waals surface area contributed by atoms with Crippen LogP contribution in [0, 0.1) is 0 Å². The van der Waals surface area contributed by atoms with Crippen molar-refractivity contribution >= 4 is 0 Å². The smallest absolute Gasteiger partial charge is 0.0350 e. The molecule has 0 aromatic heterocycles. The third-order valence-corrected chi connectivity index (χ3v) is 6.11. The number of piperidine rings is 1. The largest absolute Gasteiger partial charge is 0.298 e. The van der Waals surface area contributed by atoms with Crippen molar-refractivity contribution in [3.63, 3.8) is 0 Å². The van der Waals surface area contributed by atoms with Crippen molar-refractivity contribution in [1.29, 1.82) is 0 Å². The minimum absolute atomic E-state index is 0.255. The molecule has 0 aliphatic carbocycles. The van der Waals surface area contributed by atoms with Gasteiger partial charge in [-0.2, -0.15) is 0 Å². The lowest BCUT2D eigenvalue weighted by Gasteiger charge is -2.52. The molecule has 2 nitrogen and oxygen atoms in total. The third kappa shape index (κ3) is 3.86. The van der Waals surface area contributed by atoms with Gasteiger partial charge in [0.25, 0.3) is 0 Å². The van der Waals surface area contributed by atoms with E-state index in [2.05, 4.69) is 75.6 Å². The van der Waals surface area contributed by atoms with Crippen molar-refractivity contribution in [3.05, 3.63) is 35.4 Å². The van der Waals surface area contributed by atoms with Crippen molar-refractivity contribution in [2.75, 3.05) is 26.2 Å². The van der Waals surface area contributed by atoms with Crippen LogP contribution in [-0.4, -0.2) is 47.6 Å². The maximum Gasteiger partial charge on any atom is 0.0350 e. The minimum Gasteiger partial charge on any atom is -0.298 e. The Bertz CT molecular complexity index is 533. The van der Waals surface area contributed by atoms with Gasteiger partial charge in [0.05, 0.1) is 0 Å². The lowest BCUT2D eigenvalue weighted by molar-refractivity contribution is -0.0298. The van der Waals surface area contributed by atoms with Crippen LogP contribution < -0.4 is 0 Å². The van der Waals surface area contributed by atoms with Crippen LogP contribution in [0.1, 0.15) is 71.4 Å². The van der Waals surface area contributed by atoms with Gasteiger partial charge in [-0.1, -0.05) is 45.0 Å². The fraction of sp³-hybridized carbons (Fsp3) is 0.727. The van der Waals surface area contributed by atoms with Crippen LogP contribution in [0.5, 0.6) is 0 Å². The summed E-state index contributed by atoms with van der Waals surface area (Å²) in [7, 11) is 0. The number of likely N-dealkylation sites (tertiary alicyclic amines) is 2. The molecule has 1 aromatic rings. The first-order chi connectivity index (χ1) is 11.1. The first-order valence-electron chi connectivity index (χ1n) is 9.74. The van der Waals surface area contributed by atoms with Crippen LogP contribution in [-0.2, 0) is 5.41 Å². The summed E-state index contributed by atoms with van der Waals surface area (Å²) in [5, 5.41) is 0. The van der Waals surface area contributed by atoms with Crippen molar-refractivity contribution in [1.82, 2.24) is 9.80 Å². The van der Waals surface area contributed by atoms with Crippen molar-refractivity contribution in [3.8, 4) is 0 Å². The molecule has 0 spiro atoms. The van der Waals surface area contributed by atoms with Crippen LogP contribution in [0.25, 0.3) is 0 Å². The monoisotopic (exact) mass is 328 g/mol. The van der Waals surface area contributed by atoms with Gasteiger partial charge in [-0.25, -0.2) is 0 Å². The van der Waals surface area contributed by atoms with Crippen molar-refractivity contribution in [2.45, 2.75) is 77.3 Å². The molecule has 2 aliphatic rings. The maximum atomic E-state index is 2.74. The molecule has 0 radical (unpaired) electrons. The highest BCUT2D eigenvalue weighted by Gasteiger charge is 2.38. The number of hydrogen-bond acceptors (Lipinski definition) is 2. The number of hydrogen-bond donors (Lipinski definition) is 0. The van der Waals surface area contributed by atoms with Crippen molar-refractivity contribution < 1.29 is 0 Å². The van der Waals surface area contributed by atoms with Gasteiger partial charge >= 0.3 is 0 Å². The Balaban J connectivity index is 1.51. The molecule has 2 heterocycles. The Morgan fingerprint density at radius 3 is 1.83 bits per heavy atom. The highest BCUT2D eigenvalue weighted by Crippen LogP contribution is 2.33. The molecule has 0 saturated carbocycles. The second kappa shape index (κ2) is 6.46. The Hall–Kier alpha value is -0.860. The molecule has 2 heteroatoms. The van der Waals surface area contributed by atoms with Crippen molar-refractivity contribution in [2.24, 2.45) is 0 Å². The Labute approximate surface area is 149 Å². The Kier molecular flexibility index (Phi) is 4.83. The van der Waals surface area contributed by atoms with Crippen LogP contribution in [0.15, 0.2) is 24.3 Å². The average molecular weight is 329 g/mol. The molecule has 2 fully saturated rings. The summed E-state index contributed by atoms with van der Waals surface area (Å²) in [5.74, 6) is 0.758. The van der Waals surface area contributed by atoms with E-state index in [0.29, 0.717) is 5.54 Å². The highest BCUT2D eigenvalue weighted by atomic mass is 15.3. The molecular weight excluding hydrogens is 292 g/mol. The van der Waals surface area contributed by atoms with E-state index in [0.717, 1.165) is 12.0 Å². The van der Waals surface area contributed by atoms with E-state index in [-0.39, 0.29) is 5.41 Å². The lowest BCUT2D eigenvalue weighted by atomic mass is 9.83. The van der Waals surface area contributed by atoms with Gasteiger partial charge < -0.3 is 0 Å². The Morgan fingerprint density at radius 1 is 0.833 bits per heavy atom. The second-order valence-electron chi connectivity index (χ2n) is 9.91. The van der Waals surface area contributed by atoms with Gasteiger partial charge in [0.15, 0.2) is 0 Å². The number of benzene rings is 1. The van der Waals surface area contributed by atoms with Crippen LogP contribution in [0.3, 0.4) is 0 Å². The Morgan fingerprint density at radius 2 is 1.38 bits per heavy atom. The number of nitrogens with zero attached hydrogens (tertiary/aromatic N) is 2. The highest BCUT2D eigenvalue weighted by molar-refractivity contribution is 5.29. The number of rotatable bonds is 2. The van der Waals surface area contributed by atoms with E-state index in [1.165, 1.54) is 44.6 Å². The summed E-state index contributed by atoms with van der Waals surface area (Å²) in [6.45, 7) is 18.9. The molecular formula is C22H36N2. The van der Waals surface area contributed by atoms with Crippen LogP contribution in [0.4, 0.5) is 0 Å². The van der Waals surface area contributed by atoms with E-state index >= 15 is 0 Å². The minimum atomic E-state index is 0.255. The molecule has 0 N–H and O–H groups in total. The quantitative estimate of drug-likeness (QED) is 0.780. The summed E-state index contributed by atoms with van der Waals surface area (Å²) >= 11 is 0. The molecule has 0 bridgehead atoms. The summed E-state index contributed by atoms with van der Waals surface area (Å²) in [5.41, 5.74) is 3.59. The standard InChI is InChI=1S/C22H36N2/c1-21(2,3)19-9-7-17(8-10-19)18-11-13-23(14-12-18)20-15-24(16-20)22(4,5)6/h7-10,18,20H,11-16H2,1-6H3. The maximum absolute atomic E-state index is 2.74. The lowest BCUT2D eigenvalue weighted by Crippen LogP contribution is -2.65. The zero-order valence-electron chi connectivity index (χ0n) is 16.6. The molecule has 0 atom stereocenters. The van der Waals surface area contributed by atoms with E-state index in [1.807, 2.05) is 0 Å². The molecule has 24 heavy (non-hydrogen) atoms. The van der Waals surface area contributed by atoms with Crippen LogP contribution >= 0.6 is 0 Å². The third-order valence-electron chi connectivity index (χ3n) is 6.11. The van der Waals surface area contributed by atoms with Gasteiger partial charge in [-0.3, -0.25) is 9.80 Å². The molecule has 0 amide bonds. The second-order valence-corrected chi connectivity index (χ2v) is 9.91. The predicted molar refractivity (Wildman–Crippen MR) is 104 cm³/mol. The van der Waals surface area contributed by atoms with E-state index in [1.54, 1.807) is 5.56 Å². The summed E-state index contributed by atoms with van der Waals surface area (Å²) in [4.78, 5) is 5.34. The predicted octanol–water partition coefficient (Wildman–Crippen LogP) is 4.65. The van der Waals surface area contributed by atoms with Gasteiger partial charge in [-0.05, 0) is 69.2 Å². The fourth-order valence-corrected chi connectivity index (χ4v) is 4.09. The SMILES string of the molecule is CC(C)(C)c1ccc(C2CCN(C3CN(C(C)(C)C)C3)CC2)cc1. The fourth-order valence-electron chi connectivity index (χ4n) is 4.09. The normalized spacial score (nSPS) is 22.6. The summed E-state index contributed by atoms with van der Waals surface area (Å²) in [6.07, 6.45) is 2.64.